The molecule has 0 radical (unpaired) electrons. The number of hydrogen-bond acceptors (Lipinski definition) is 3. The molecule has 0 bridgehead atoms. The van der Waals surface area contributed by atoms with Crippen molar-refractivity contribution in [2.24, 2.45) is 5.92 Å². The summed E-state index contributed by atoms with van der Waals surface area (Å²) in [5, 5.41) is 3.53. The van der Waals surface area contributed by atoms with Crippen molar-refractivity contribution in [2.45, 2.75) is 45.2 Å². The lowest BCUT2D eigenvalue weighted by molar-refractivity contribution is 0.182. The highest BCUT2D eigenvalue weighted by Crippen LogP contribution is 2.19. The molecule has 1 heterocycles. The van der Waals surface area contributed by atoms with Gasteiger partial charge in [0.25, 0.3) is 0 Å². The molecular formula is C13H28N2S. The Morgan fingerprint density at radius 2 is 2.25 bits per heavy atom. The zero-order chi connectivity index (χ0) is 12.0. The molecule has 0 aliphatic carbocycles. The van der Waals surface area contributed by atoms with E-state index in [1.807, 2.05) is 11.8 Å². The minimum Gasteiger partial charge on any atom is -0.314 e. The van der Waals surface area contributed by atoms with Gasteiger partial charge in [-0.3, -0.25) is 0 Å². The average molecular weight is 244 g/mol. The van der Waals surface area contributed by atoms with Gasteiger partial charge in [0, 0.05) is 24.4 Å². The van der Waals surface area contributed by atoms with Crippen molar-refractivity contribution in [2.75, 3.05) is 32.1 Å². The van der Waals surface area contributed by atoms with Crippen LogP contribution in [0.2, 0.25) is 0 Å². The maximum atomic E-state index is 3.53. The fourth-order valence-corrected chi connectivity index (χ4v) is 3.58. The Hall–Kier alpha value is 0.270. The smallest absolute Gasteiger partial charge is 0.0180 e. The monoisotopic (exact) mass is 244 g/mol. The highest BCUT2D eigenvalue weighted by Gasteiger charge is 2.21. The number of rotatable bonds is 6. The first-order valence-electron chi connectivity index (χ1n) is 6.59. The van der Waals surface area contributed by atoms with Crippen LogP contribution in [0.15, 0.2) is 0 Å². The SMILES string of the molecule is CCC(CSC)N(C)CC1CCNC(C)C1. The molecule has 0 amide bonds. The van der Waals surface area contributed by atoms with E-state index in [-0.39, 0.29) is 0 Å². The molecule has 1 aliphatic heterocycles. The molecule has 1 aliphatic rings. The van der Waals surface area contributed by atoms with Crippen molar-refractivity contribution >= 4 is 11.8 Å². The van der Waals surface area contributed by atoms with E-state index < -0.39 is 0 Å². The van der Waals surface area contributed by atoms with E-state index in [2.05, 4.69) is 37.4 Å². The third-order valence-corrected chi connectivity index (χ3v) is 4.45. The van der Waals surface area contributed by atoms with Crippen LogP contribution in [-0.2, 0) is 0 Å². The fourth-order valence-electron chi connectivity index (χ4n) is 2.71. The summed E-state index contributed by atoms with van der Waals surface area (Å²) in [4.78, 5) is 2.58. The summed E-state index contributed by atoms with van der Waals surface area (Å²) in [6.45, 7) is 7.11. The van der Waals surface area contributed by atoms with Crippen molar-refractivity contribution in [1.29, 1.82) is 0 Å². The van der Waals surface area contributed by atoms with E-state index in [4.69, 9.17) is 0 Å². The van der Waals surface area contributed by atoms with E-state index >= 15 is 0 Å². The molecule has 1 saturated heterocycles. The van der Waals surface area contributed by atoms with Crippen LogP contribution in [0.25, 0.3) is 0 Å². The molecule has 1 fully saturated rings. The van der Waals surface area contributed by atoms with Gasteiger partial charge < -0.3 is 10.2 Å². The van der Waals surface area contributed by atoms with Crippen LogP contribution in [-0.4, -0.2) is 49.1 Å². The molecule has 0 aromatic carbocycles. The highest BCUT2D eigenvalue weighted by molar-refractivity contribution is 7.98. The van der Waals surface area contributed by atoms with Gasteiger partial charge in [-0.05, 0) is 52.0 Å². The first kappa shape index (κ1) is 14.3. The number of hydrogen-bond donors (Lipinski definition) is 1. The molecule has 1 rings (SSSR count). The number of piperidine rings is 1. The zero-order valence-corrected chi connectivity index (χ0v) is 12.1. The third kappa shape index (κ3) is 4.64. The summed E-state index contributed by atoms with van der Waals surface area (Å²) in [6, 6.07) is 1.48. The predicted octanol–water partition coefficient (Wildman–Crippen LogP) is 2.45. The summed E-state index contributed by atoms with van der Waals surface area (Å²) in [6.07, 6.45) is 6.19. The van der Waals surface area contributed by atoms with Gasteiger partial charge in [0.2, 0.25) is 0 Å². The van der Waals surface area contributed by atoms with Crippen molar-refractivity contribution < 1.29 is 0 Å². The van der Waals surface area contributed by atoms with Crippen LogP contribution < -0.4 is 5.32 Å². The van der Waals surface area contributed by atoms with Gasteiger partial charge in [0.05, 0.1) is 0 Å². The van der Waals surface area contributed by atoms with Gasteiger partial charge in [-0.25, -0.2) is 0 Å². The standard InChI is InChI=1S/C13H28N2S/c1-5-13(10-16-4)15(3)9-12-6-7-14-11(2)8-12/h11-14H,5-10H2,1-4H3. The lowest BCUT2D eigenvalue weighted by Crippen LogP contribution is -2.42. The number of thioether (sulfide) groups is 1. The Morgan fingerprint density at radius 3 is 2.81 bits per heavy atom. The molecule has 3 heteroatoms. The average Bonchev–Trinajstić information content (AvgIpc) is 2.25. The number of nitrogens with one attached hydrogen (secondary N) is 1. The van der Waals surface area contributed by atoms with Crippen LogP contribution >= 0.6 is 11.8 Å². The summed E-state index contributed by atoms with van der Waals surface area (Å²) in [5.41, 5.74) is 0. The van der Waals surface area contributed by atoms with Crippen molar-refractivity contribution in [3.05, 3.63) is 0 Å². The van der Waals surface area contributed by atoms with Crippen LogP contribution in [0.5, 0.6) is 0 Å². The number of nitrogens with zero attached hydrogens (tertiary/aromatic N) is 1. The van der Waals surface area contributed by atoms with Gasteiger partial charge >= 0.3 is 0 Å². The van der Waals surface area contributed by atoms with E-state index in [0.717, 1.165) is 12.0 Å². The van der Waals surface area contributed by atoms with Gasteiger partial charge in [-0.1, -0.05) is 6.92 Å². The molecule has 0 spiro atoms. The van der Waals surface area contributed by atoms with Gasteiger partial charge in [0.15, 0.2) is 0 Å². The van der Waals surface area contributed by atoms with Crippen molar-refractivity contribution in [3.8, 4) is 0 Å². The normalized spacial score (nSPS) is 28.3. The van der Waals surface area contributed by atoms with Crippen LogP contribution in [0.4, 0.5) is 0 Å². The first-order valence-corrected chi connectivity index (χ1v) is 7.99. The predicted molar refractivity (Wildman–Crippen MR) is 75.3 cm³/mol. The molecule has 96 valence electrons. The summed E-state index contributed by atoms with van der Waals surface area (Å²) >= 11 is 1.97. The highest BCUT2D eigenvalue weighted by atomic mass is 32.2. The Balaban J connectivity index is 2.33. The molecule has 1 N–H and O–H groups in total. The maximum Gasteiger partial charge on any atom is 0.0180 e. The Labute approximate surface area is 106 Å². The molecule has 3 unspecified atom stereocenters. The Morgan fingerprint density at radius 1 is 1.50 bits per heavy atom. The summed E-state index contributed by atoms with van der Waals surface area (Å²) in [5.74, 6) is 2.17. The minimum absolute atomic E-state index is 0.716. The van der Waals surface area contributed by atoms with Crippen LogP contribution in [0.1, 0.15) is 33.1 Å². The van der Waals surface area contributed by atoms with Gasteiger partial charge in [-0.15, -0.1) is 0 Å². The first-order chi connectivity index (χ1) is 7.67. The molecule has 2 nitrogen and oxygen atoms in total. The Bertz CT molecular complexity index is 187. The van der Waals surface area contributed by atoms with Crippen LogP contribution in [0, 0.1) is 5.92 Å². The van der Waals surface area contributed by atoms with Crippen molar-refractivity contribution in [3.63, 3.8) is 0 Å². The Kier molecular flexibility index (Phi) is 6.78. The van der Waals surface area contributed by atoms with Crippen LogP contribution in [0.3, 0.4) is 0 Å². The lowest BCUT2D eigenvalue weighted by Gasteiger charge is -2.34. The second-order valence-corrected chi connectivity index (χ2v) is 6.11. The molecule has 3 atom stereocenters. The molecule has 16 heavy (non-hydrogen) atoms. The van der Waals surface area contributed by atoms with Crippen molar-refractivity contribution in [1.82, 2.24) is 10.2 Å². The van der Waals surface area contributed by atoms with E-state index in [1.165, 1.54) is 38.1 Å². The summed E-state index contributed by atoms with van der Waals surface area (Å²) in [7, 11) is 2.30. The van der Waals surface area contributed by atoms with E-state index in [9.17, 15) is 0 Å². The molecule has 0 aromatic rings. The molecular weight excluding hydrogens is 216 g/mol. The topological polar surface area (TPSA) is 15.3 Å². The lowest BCUT2D eigenvalue weighted by atomic mass is 9.92. The molecule has 0 aromatic heterocycles. The second-order valence-electron chi connectivity index (χ2n) is 5.20. The quantitative estimate of drug-likeness (QED) is 0.772. The largest absolute Gasteiger partial charge is 0.314 e. The third-order valence-electron chi connectivity index (χ3n) is 3.73. The minimum atomic E-state index is 0.716. The van der Waals surface area contributed by atoms with E-state index in [0.29, 0.717) is 6.04 Å². The maximum absolute atomic E-state index is 3.53. The zero-order valence-electron chi connectivity index (χ0n) is 11.3. The summed E-state index contributed by atoms with van der Waals surface area (Å²) < 4.78 is 0. The fraction of sp³-hybridized carbons (Fsp3) is 1.00. The van der Waals surface area contributed by atoms with E-state index in [1.54, 1.807) is 0 Å². The second kappa shape index (κ2) is 7.57. The molecule has 0 saturated carbocycles. The van der Waals surface area contributed by atoms with Gasteiger partial charge in [-0.2, -0.15) is 11.8 Å². The van der Waals surface area contributed by atoms with Gasteiger partial charge in [0.1, 0.15) is 0 Å².